The van der Waals surface area contributed by atoms with Crippen molar-refractivity contribution in [1.29, 1.82) is 0 Å². The largest absolute Gasteiger partial charge is 0.478 e. The normalized spacial score (nSPS) is 10.3. The fraction of sp³-hybridized carbons (Fsp3) is 0.286. The van der Waals surface area contributed by atoms with Crippen LogP contribution in [0.1, 0.15) is 5.76 Å². The van der Waals surface area contributed by atoms with Crippen LogP contribution in [0.2, 0.25) is 0 Å². The number of hydrogen-bond acceptors (Lipinski definition) is 5. The summed E-state index contributed by atoms with van der Waals surface area (Å²) in [7, 11) is 0. The number of nitrogens with two attached hydrogens (primary N) is 1. The quantitative estimate of drug-likeness (QED) is 0.753. The number of nitrogens with zero attached hydrogens (tertiary/aromatic N) is 1. The summed E-state index contributed by atoms with van der Waals surface area (Å²) in [6.07, 6.45) is 3.15. The number of rotatable bonds is 7. The highest BCUT2D eigenvalue weighted by Crippen LogP contribution is 2.02. The van der Waals surface area contributed by atoms with Gasteiger partial charge in [-0.3, -0.25) is 9.59 Å². The summed E-state index contributed by atoms with van der Waals surface area (Å²) in [6, 6.07) is 6.69. The maximum atomic E-state index is 12.0. The number of aromatic nitrogens is 1. The van der Waals surface area contributed by atoms with Crippen LogP contribution in [-0.4, -0.2) is 23.6 Å². The second-order valence-electron chi connectivity index (χ2n) is 4.30. The SMILES string of the molecule is NCCn1cccc(OCC(=O)NCc2ccco2)c1=O. The Hall–Kier alpha value is -2.54. The molecule has 0 aliphatic carbocycles. The molecule has 0 saturated heterocycles. The van der Waals surface area contributed by atoms with Crippen LogP contribution >= 0.6 is 0 Å². The van der Waals surface area contributed by atoms with Crippen LogP contribution in [0.3, 0.4) is 0 Å². The van der Waals surface area contributed by atoms with Crippen molar-refractivity contribution in [2.75, 3.05) is 13.2 Å². The van der Waals surface area contributed by atoms with Crippen molar-refractivity contribution < 1.29 is 13.9 Å². The van der Waals surface area contributed by atoms with E-state index in [1.54, 1.807) is 24.4 Å². The van der Waals surface area contributed by atoms with E-state index in [1.165, 1.54) is 16.9 Å². The van der Waals surface area contributed by atoms with E-state index in [4.69, 9.17) is 14.9 Å². The third-order valence-corrected chi connectivity index (χ3v) is 2.75. The molecule has 21 heavy (non-hydrogen) atoms. The Morgan fingerprint density at radius 1 is 1.38 bits per heavy atom. The van der Waals surface area contributed by atoms with E-state index < -0.39 is 0 Å². The number of carbonyl (C=O) groups excluding carboxylic acids is 1. The van der Waals surface area contributed by atoms with Crippen LogP contribution in [0, 0.1) is 0 Å². The summed E-state index contributed by atoms with van der Waals surface area (Å²) in [5.74, 6) is 0.437. The minimum atomic E-state index is -0.333. The summed E-state index contributed by atoms with van der Waals surface area (Å²) >= 11 is 0. The zero-order valence-electron chi connectivity index (χ0n) is 11.5. The number of nitrogens with one attached hydrogen (secondary N) is 1. The van der Waals surface area contributed by atoms with Crippen molar-refractivity contribution in [3.8, 4) is 5.75 Å². The molecule has 2 heterocycles. The number of hydrogen-bond donors (Lipinski definition) is 2. The van der Waals surface area contributed by atoms with Gasteiger partial charge in [-0.2, -0.15) is 0 Å². The average molecular weight is 291 g/mol. The van der Waals surface area contributed by atoms with Gasteiger partial charge < -0.3 is 24.8 Å². The Labute approximate surface area is 121 Å². The molecule has 0 radical (unpaired) electrons. The minimum Gasteiger partial charge on any atom is -0.478 e. The van der Waals surface area contributed by atoms with Crippen LogP contribution in [0.5, 0.6) is 5.75 Å². The predicted molar refractivity (Wildman–Crippen MR) is 75.8 cm³/mol. The van der Waals surface area contributed by atoms with E-state index in [-0.39, 0.29) is 30.4 Å². The van der Waals surface area contributed by atoms with E-state index in [0.717, 1.165) is 0 Å². The van der Waals surface area contributed by atoms with Crippen LogP contribution in [0.25, 0.3) is 0 Å². The maximum Gasteiger partial charge on any atom is 0.292 e. The molecule has 0 spiro atoms. The number of ether oxygens (including phenoxy) is 1. The first-order chi connectivity index (χ1) is 10.2. The summed E-state index contributed by atoms with van der Waals surface area (Å²) in [5, 5.41) is 2.63. The van der Waals surface area contributed by atoms with Crippen molar-refractivity contribution in [3.63, 3.8) is 0 Å². The van der Waals surface area contributed by atoms with Gasteiger partial charge in [-0.25, -0.2) is 0 Å². The number of amides is 1. The highest BCUT2D eigenvalue weighted by Gasteiger charge is 2.07. The molecule has 0 aromatic carbocycles. The van der Waals surface area contributed by atoms with Gasteiger partial charge in [0.15, 0.2) is 12.4 Å². The molecule has 0 bridgehead atoms. The molecule has 1 amide bonds. The Morgan fingerprint density at radius 2 is 2.24 bits per heavy atom. The Kier molecular flexibility index (Phi) is 5.16. The number of pyridine rings is 1. The van der Waals surface area contributed by atoms with Crippen LogP contribution < -0.4 is 21.3 Å². The minimum absolute atomic E-state index is 0.124. The van der Waals surface area contributed by atoms with Crippen molar-refractivity contribution in [1.82, 2.24) is 9.88 Å². The Balaban J connectivity index is 1.86. The summed E-state index contributed by atoms with van der Waals surface area (Å²) in [4.78, 5) is 23.6. The van der Waals surface area contributed by atoms with Crippen molar-refractivity contribution in [3.05, 3.63) is 52.8 Å². The first-order valence-corrected chi connectivity index (χ1v) is 6.52. The zero-order valence-corrected chi connectivity index (χ0v) is 11.5. The number of carbonyl (C=O) groups is 1. The van der Waals surface area contributed by atoms with Gasteiger partial charge in [-0.1, -0.05) is 0 Å². The van der Waals surface area contributed by atoms with E-state index in [2.05, 4.69) is 5.32 Å². The molecule has 2 aromatic rings. The topological polar surface area (TPSA) is 99.5 Å². The predicted octanol–water partition coefficient (Wildman–Crippen LogP) is 0.0952. The number of furan rings is 1. The fourth-order valence-corrected chi connectivity index (χ4v) is 1.73. The van der Waals surface area contributed by atoms with Crippen molar-refractivity contribution in [2.24, 2.45) is 5.73 Å². The first-order valence-electron chi connectivity index (χ1n) is 6.52. The highest BCUT2D eigenvalue weighted by atomic mass is 16.5. The van der Waals surface area contributed by atoms with Gasteiger partial charge in [0.05, 0.1) is 12.8 Å². The second-order valence-corrected chi connectivity index (χ2v) is 4.30. The maximum absolute atomic E-state index is 12.0. The second kappa shape index (κ2) is 7.30. The average Bonchev–Trinajstić information content (AvgIpc) is 2.99. The molecular weight excluding hydrogens is 274 g/mol. The molecule has 112 valence electrons. The van der Waals surface area contributed by atoms with Gasteiger partial charge in [0.1, 0.15) is 5.76 Å². The standard InChI is InChI=1S/C14H17N3O4/c15-5-7-17-6-1-4-12(14(17)19)21-10-13(18)16-9-11-3-2-8-20-11/h1-4,6,8H,5,7,9-10,15H2,(H,16,18). The molecule has 2 aromatic heterocycles. The van der Waals surface area contributed by atoms with Gasteiger partial charge in [0.25, 0.3) is 11.5 Å². The summed E-state index contributed by atoms with van der Waals surface area (Å²) in [5.41, 5.74) is 5.11. The Bertz CT molecular complexity index is 634. The molecule has 7 nitrogen and oxygen atoms in total. The lowest BCUT2D eigenvalue weighted by Gasteiger charge is -2.08. The van der Waals surface area contributed by atoms with Gasteiger partial charge >= 0.3 is 0 Å². The Morgan fingerprint density at radius 3 is 2.95 bits per heavy atom. The molecule has 0 aliphatic rings. The summed E-state index contributed by atoms with van der Waals surface area (Å²) in [6.45, 7) is 0.803. The summed E-state index contributed by atoms with van der Waals surface area (Å²) < 4.78 is 11.8. The molecule has 2 rings (SSSR count). The van der Waals surface area contributed by atoms with Gasteiger partial charge in [-0.15, -0.1) is 0 Å². The highest BCUT2D eigenvalue weighted by molar-refractivity contribution is 5.77. The van der Waals surface area contributed by atoms with Gasteiger partial charge in [0.2, 0.25) is 0 Å². The molecule has 0 atom stereocenters. The third-order valence-electron chi connectivity index (χ3n) is 2.75. The van der Waals surface area contributed by atoms with Crippen molar-refractivity contribution in [2.45, 2.75) is 13.1 Å². The monoisotopic (exact) mass is 291 g/mol. The molecule has 0 unspecified atom stereocenters. The van der Waals surface area contributed by atoms with Crippen LogP contribution in [0.4, 0.5) is 0 Å². The smallest absolute Gasteiger partial charge is 0.292 e. The van der Waals surface area contributed by atoms with Crippen LogP contribution in [-0.2, 0) is 17.9 Å². The lowest BCUT2D eigenvalue weighted by molar-refractivity contribution is -0.123. The fourth-order valence-electron chi connectivity index (χ4n) is 1.73. The van der Waals surface area contributed by atoms with E-state index >= 15 is 0 Å². The van der Waals surface area contributed by atoms with E-state index in [9.17, 15) is 9.59 Å². The van der Waals surface area contributed by atoms with Gasteiger partial charge in [-0.05, 0) is 24.3 Å². The van der Waals surface area contributed by atoms with Crippen molar-refractivity contribution >= 4 is 5.91 Å². The van der Waals surface area contributed by atoms with Crippen LogP contribution in [0.15, 0.2) is 45.9 Å². The molecule has 0 fully saturated rings. The third kappa shape index (κ3) is 4.22. The lowest BCUT2D eigenvalue weighted by Crippen LogP contribution is -2.30. The lowest BCUT2D eigenvalue weighted by atomic mass is 10.4. The zero-order chi connectivity index (χ0) is 15.1. The van der Waals surface area contributed by atoms with E-state index in [1.807, 2.05) is 0 Å². The van der Waals surface area contributed by atoms with E-state index in [0.29, 0.717) is 18.8 Å². The molecule has 7 heteroatoms. The first kappa shape index (κ1) is 14.9. The van der Waals surface area contributed by atoms with Gasteiger partial charge in [0, 0.05) is 19.3 Å². The molecule has 3 N–H and O–H groups in total. The molecular formula is C14H17N3O4. The molecule has 0 aliphatic heterocycles. The molecule has 0 saturated carbocycles.